The van der Waals surface area contributed by atoms with Gasteiger partial charge in [0.25, 0.3) is 0 Å². The summed E-state index contributed by atoms with van der Waals surface area (Å²) in [5.74, 6) is -0.403. The van der Waals surface area contributed by atoms with Crippen molar-refractivity contribution in [2.45, 2.75) is 38.6 Å². The standard InChI is InChI=1S/C12H16BrClFN/c1-2-3-4-5-10(16)8-6-7-9(13)11(14)12(8)15/h6-7,10H,2-5,16H2,1H3. The van der Waals surface area contributed by atoms with Crippen LogP contribution in [0.5, 0.6) is 0 Å². The van der Waals surface area contributed by atoms with Crippen LogP contribution in [0.25, 0.3) is 0 Å². The summed E-state index contributed by atoms with van der Waals surface area (Å²) in [6.45, 7) is 2.13. The Hall–Kier alpha value is -0.120. The molecular weight excluding hydrogens is 292 g/mol. The van der Waals surface area contributed by atoms with Crippen molar-refractivity contribution in [1.29, 1.82) is 0 Å². The van der Waals surface area contributed by atoms with Gasteiger partial charge in [0.2, 0.25) is 0 Å². The second-order valence-corrected chi connectivity index (χ2v) is 5.10. The first-order valence-electron chi connectivity index (χ1n) is 5.46. The van der Waals surface area contributed by atoms with Crippen molar-refractivity contribution in [3.63, 3.8) is 0 Å². The predicted molar refractivity (Wildman–Crippen MR) is 70.2 cm³/mol. The molecule has 4 heteroatoms. The maximum Gasteiger partial charge on any atom is 0.147 e. The molecule has 0 amide bonds. The van der Waals surface area contributed by atoms with E-state index in [1.54, 1.807) is 12.1 Å². The van der Waals surface area contributed by atoms with Crippen molar-refractivity contribution in [3.8, 4) is 0 Å². The minimum absolute atomic E-state index is 0.114. The molecule has 16 heavy (non-hydrogen) atoms. The van der Waals surface area contributed by atoms with E-state index in [2.05, 4.69) is 22.9 Å². The number of halogens is 3. The summed E-state index contributed by atoms with van der Waals surface area (Å²) < 4.78 is 14.3. The number of nitrogens with two attached hydrogens (primary N) is 1. The topological polar surface area (TPSA) is 26.0 Å². The summed E-state index contributed by atoms with van der Waals surface area (Å²) >= 11 is 8.99. The second-order valence-electron chi connectivity index (χ2n) is 3.87. The number of unbranched alkanes of at least 4 members (excludes halogenated alkanes) is 2. The van der Waals surface area contributed by atoms with E-state index in [1.807, 2.05) is 0 Å². The van der Waals surface area contributed by atoms with Crippen LogP contribution in [0, 0.1) is 5.82 Å². The molecule has 0 spiro atoms. The Bertz CT molecular complexity index is 357. The molecule has 0 aliphatic rings. The lowest BCUT2D eigenvalue weighted by Gasteiger charge is -2.14. The summed E-state index contributed by atoms with van der Waals surface area (Å²) in [6.07, 6.45) is 4.07. The van der Waals surface area contributed by atoms with Crippen molar-refractivity contribution in [3.05, 3.63) is 33.0 Å². The molecule has 0 saturated carbocycles. The van der Waals surface area contributed by atoms with Crippen LogP contribution in [0.1, 0.15) is 44.2 Å². The highest BCUT2D eigenvalue weighted by atomic mass is 79.9. The third-order valence-electron chi connectivity index (χ3n) is 2.58. The highest BCUT2D eigenvalue weighted by Crippen LogP contribution is 2.31. The molecule has 1 rings (SSSR count). The first-order chi connectivity index (χ1) is 7.57. The van der Waals surface area contributed by atoms with Crippen LogP contribution >= 0.6 is 27.5 Å². The van der Waals surface area contributed by atoms with Crippen LogP contribution in [0.4, 0.5) is 4.39 Å². The maximum atomic E-state index is 13.8. The largest absolute Gasteiger partial charge is 0.324 e. The molecular formula is C12H16BrClFN. The van der Waals surface area contributed by atoms with Gasteiger partial charge in [-0.05, 0) is 28.4 Å². The van der Waals surface area contributed by atoms with Gasteiger partial charge in [0.15, 0.2) is 0 Å². The van der Waals surface area contributed by atoms with Crippen LogP contribution in [-0.4, -0.2) is 0 Å². The molecule has 90 valence electrons. The number of hydrogen-bond donors (Lipinski definition) is 1. The van der Waals surface area contributed by atoms with Crippen LogP contribution in [0.2, 0.25) is 5.02 Å². The lowest BCUT2D eigenvalue weighted by atomic mass is 10.0. The molecule has 0 bridgehead atoms. The molecule has 1 nitrogen and oxygen atoms in total. The fourth-order valence-corrected chi connectivity index (χ4v) is 2.08. The normalized spacial score (nSPS) is 12.8. The monoisotopic (exact) mass is 307 g/mol. The van der Waals surface area contributed by atoms with Gasteiger partial charge in [-0.15, -0.1) is 0 Å². The van der Waals surface area contributed by atoms with Gasteiger partial charge < -0.3 is 5.73 Å². The Labute approximate surface area is 109 Å². The van der Waals surface area contributed by atoms with Crippen molar-refractivity contribution >= 4 is 27.5 Å². The van der Waals surface area contributed by atoms with Gasteiger partial charge in [-0.25, -0.2) is 4.39 Å². The average molecular weight is 309 g/mol. The molecule has 2 N–H and O–H groups in total. The van der Waals surface area contributed by atoms with Gasteiger partial charge in [-0.3, -0.25) is 0 Å². The molecule has 0 aliphatic carbocycles. The highest BCUT2D eigenvalue weighted by molar-refractivity contribution is 9.10. The van der Waals surface area contributed by atoms with Crippen molar-refractivity contribution < 1.29 is 4.39 Å². The van der Waals surface area contributed by atoms with E-state index in [4.69, 9.17) is 17.3 Å². The van der Waals surface area contributed by atoms with E-state index in [9.17, 15) is 4.39 Å². The van der Waals surface area contributed by atoms with Gasteiger partial charge in [0.05, 0.1) is 5.02 Å². The van der Waals surface area contributed by atoms with E-state index in [0.29, 0.717) is 10.0 Å². The summed E-state index contributed by atoms with van der Waals surface area (Å²) in [5, 5.41) is 0.114. The molecule has 1 atom stereocenters. The van der Waals surface area contributed by atoms with Gasteiger partial charge in [0.1, 0.15) is 5.82 Å². The van der Waals surface area contributed by atoms with Crippen LogP contribution in [-0.2, 0) is 0 Å². The Balaban J connectivity index is 2.76. The predicted octanol–water partition coefficient (Wildman–Crippen LogP) is 4.82. The highest BCUT2D eigenvalue weighted by Gasteiger charge is 2.15. The summed E-state index contributed by atoms with van der Waals surface area (Å²) in [6, 6.07) is 3.17. The van der Waals surface area contributed by atoms with E-state index < -0.39 is 5.82 Å². The molecule has 0 aromatic heterocycles. The third-order valence-corrected chi connectivity index (χ3v) is 3.84. The van der Waals surface area contributed by atoms with Crippen molar-refractivity contribution in [1.82, 2.24) is 0 Å². The molecule has 0 radical (unpaired) electrons. The Morgan fingerprint density at radius 1 is 1.44 bits per heavy atom. The lowest BCUT2D eigenvalue weighted by molar-refractivity contribution is 0.538. The molecule has 1 unspecified atom stereocenters. The Morgan fingerprint density at radius 2 is 2.12 bits per heavy atom. The molecule has 1 aromatic rings. The molecule has 0 aliphatic heterocycles. The number of benzene rings is 1. The Kier molecular flexibility index (Phi) is 5.73. The summed E-state index contributed by atoms with van der Waals surface area (Å²) in [7, 11) is 0. The summed E-state index contributed by atoms with van der Waals surface area (Å²) in [4.78, 5) is 0. The van der Waals surface area contributed by atoms with Gasteiger partial charge in [0, 0.05) is 16.1 Å². The van der Waals surface area contributed by atoms with Crippen LogP contribution < -0.4 is 5.73 Å². The SMILES string of the molecule is CCCCCC(N)c1ccc(Br)c(Cl)c1F. The average Bonchev–Trinajstić information content (AvgIpc) is 2.26. The van der Waals surface area contributed by atoms with Crippen molar-refractivity contribution in [2.75, 3.05) is 0 Å². The zero-order valence-corrected chi connectivity index (χ0v) is 11.6. The third kappa shape index (κ3) is 3.44. The van der Waals surface area contributed by atoms with E-state index >= 15 is 0 Å². The van der Waals surface area contributed by atoms with Crippen LogP contribution in [0.15, 0.2) is 16.6 Å². The zero-order chi connectivity index (χ0) is 12.1. The molecule has 0 fully saturated rings. The molecule has 0 saturated heterocycles. The second kappa shape index (κ2) is 6.58. The first kappa shape index (κ1) is 13.9. The summed E-state index contributed by atoms with van der Waals surface area (Å²) in [5.41, 5.74) is 6.45. The fourth-order valence-electron chi connectivity index (χ4n) is 1.60. The molecule has 0 heterocycles. The lowest BCUT2D eigenvalue weighted by Crippen LogP contribution is -2.12. The van der Waals surface area contributed by atoms with Gasteiger partial charge in [-0.2, -0.15) is 0 Å². The minimum atomic E-state index is -0.403. The zero-order valence-electron chi connectivity index (χ0n) is 9.27. The van der Waals surface area contributed by atoms with Gasteiger partial charge >= 0.3 is 0 Å². The molecule has 1 aromatic carbocycles. The van der Waals surface area contributed by atoms with Gasteiger partial charge in [-0.1, -0.05) is 43.9 Å². The quantitative estimate of drug-likeness (QED) is 0.612. The van der Waals surface area contributed by atoms with Crippen LogP contribution in [0.3, 0.4) is 0 Å². The first-order valence-corrected chi connectivity index (χ1v) is 6.64. The van der Waals surface area contributed by atoms with E-state index in [0.717, 1.165) is 25.7 Å². The fraction of sp³-hybridized carbons (Fsp3) is 0.500. The Morgan fingerprint density at radius 3 is 2.75 bits per heavy atom. The minimum Gasteiger partial charge on any atom is -0.324 e. The number of hydrogen-bond acceptors (Lipinski definition) is 1. The van der Waals surface area contributed by atoms with E-state index in [-0.39, 0.29) is 11.1 Å². The van der Waals surface area contributed by atoms with E-state index in [1.165, 1.54) is 0 Å². The maximum absolute atomic E-state index is 13.8. The smallest absolute Gasteiger partial charge is 0.147 e. The van der Waals surface area contributed by atoms with Crippen molar-refractivity contribution in [2.24, 2.45) is 5.73 Å². The number of rotatable bonds is 5.